The summed E-state index contributed by atoms with van der Waals surface area (Å²) in [6, 6.07) is 8.65. The van der Waals surface area contributed by atoms with Crippen molar-refractivity contribution < 1.29 is 19.1 Å². The molecule has 0 aromatic heterocycles. The number of piperazine rings is 1. The second-order valence-electron chi connectivity index (χ2n) is 9.34. The van der Waals surface area contributed by atoms with E-state index >= 15 is 0 Å². The predicted molar refractivity (Wildman–Crippen MR) is 122 cm³/mol. The minimum atomic E-state index is -0.686. The van der Waals surface area contributed by atoms with Crippen LogP contribution in [-0.2, 0) is 19.1 Å². The Hall–Kier alpha value is -2.94. The van der Waals surface area contributed by atoms with Gasteiger partial charge in [0, 0.05) is 46.7 Å². The molecule has 0 N–H and O–H groups in total. The number of carbonyl (C=O) groups is 3. The SMILES string of the molecule is CN(C)C(=O)CN1CCN(C(=O)C2=NN(c3ccccc3)[C@@H](C(=O)OC(C)(C)C)C2)CC1. The summed E-state index contributed by atoms with van der Waals surface area (Å²) in [5.74, 6) is -0.529. The van der Waals surface area contributed by atoms with Crippen molar-refractivity contribution in [1.82, 2.24) is 14.7 Å². The number of benzene rings is 1. The van der Waals surface area contributed by atoms with E-state index in [9.17, 15) is 14.4 Å². The van der Waals surface area contributed by atoms with Gasteiger partial charge in [-0.25, -0.2) is 4.79 Å². The molecule has 2 heterocycles. The molecule has 2 amide bonds. The molecule has 9 heteroatoms. The fraction of sp³-hybridized carbons (Fsp3) is 0.565. The smallest absolute Gasteiger partial charge is 0.331 e. The van der Waals surface area contributed by atoms with Crippen LogP contribution in [-0.4, -0.2) is 96.7 Å². The summed E-state index contributed by atoms with van der Waals surface area (Å²) in [5, 5.41) is 6.13. The summed E-state index contributed by atoms with van der Waals surface area (Å²) in [6.07, 6.45) is 0.196. The number of hydrazone groups is 1. The molecule has 1 aromatic carbocycles. The van der Waals surface area contributed by atoms with Gasteiger partial charge in [-0.2, -0.15) is 5.10 Å². The zero-order chi connectivity index (χ0) is 23.5. The van der Waals surface area contributed by atoms with Crippen LogP contribution >= 0.6 is 0 Å². The number of anilines is 1. The van der Waals surface area contributed by atoms with Gasteiger partial charge < -0.3 is 14.5 Å². The Morgan fingerprint density at radius 1 is 1.06 bits per heavy atom. The van der Waals surface area contributed by atoms with E-state index in [4.69, 9.17) is 4.74 Å². The lowest BCUT2D eigenvalue weighted by Gasteiger charge is -2.34. The monoisotopic (exact) mass is 443 g/mol. The zero-order valence-corrected chi connectivity index (χ0v) is 19.6. The van der Waals surface area contributed by atoms with Crippen LogP contribution in [0.3, 0.4) is 0 Å². The van der Waals surface area contributed by atoms with E-state index in [-0.39, 0.29) is 18.2 Å². The summed E-state index contributed by atoms with van der Waals surface area (Å²) < 4.78 is 5.60. The van der Waals surface area contributed by atoms with Crippen molar-refractivity contribution >= 4 is 29.2 Å². The molecule has 1 saturated heterocycles. The Labute approximate surface area is 189 Å². The molecule has 1 fully saturated rings. The van der Waals surface area contributed by atoms with Gasteiger partial charge in [0.25, 0.3) is 5.91 Å². The highest BCUT2D eigenvalue weighted by Gasteiger charge is 2.40. The Bertz CT molecular complexity index is 870. The van der Waals surface area contributed by atoms with Crippen molar-refractivity contribution in [2.75, 3.05) is 51.8 Å². The summed E-state index contributed by atoms with van der Waals surface area (Å²) >= 11 is 0. The number of para-hydroxylation sites is 1. The molecule has 174 valence electrons. The van der Waals surface area contributed by atoms with Crippen molar-refractivity contribution in [3.63, 3.8) is 0 Å². The van der Waals surface area contributed by atoms with Crippen LogP contribution in [0.4, 0.5) is 5.69 Å². The lowest BCUT2D eigenvalue weighted by atomic mass is 10.1. The maximum atomic E-state index is 13.2. The van der Waals surface area contributed by atoms with E-state index in [0.29, 0.717) is 38.4 Å². The number of likely N-dealkylation sites (N-methyl/N-ethyl adjacent to an activating group) is 1. The molecule has 0 saturated carbocycles. The van der Waals surface area contributed by atoms with Crippen molar-refractivity contribution in [2.24, 2.45) is 5.10 Å². The van der Waals surface area contributed by atoms with Gasteiger partial charge >= 0.3 is 5.97 Å². The third kappa shape index (κ3) is 5.85. The van der Waals surface area contributed by atoms with Gasteiger partial charge in [-0.15, -0.1) is 0 Å². The van der Waals surface area contributed by atoms with Gasteiger partial charge in [-0.1, -0.05) is 18.2 Å². The third-order valence-electron chi connectivity index (χ3n) is 5.37. The number of nitrogens with zero attached hydrogens (tertiary/aromatic N) is 5. The van der Waals surface area contributed by atoms with E-state index in [1.165, 1.54) is 0 Å². The molecule has 1 atom stereocenters. The minimum Gasteiger partial charge on any atom is -0.458 e. The zero-order valence-electron chi connectivity index (χ0n) is 19.6. The van der Waals surface area contributed by atoms with Crippen LogP contribution in [0, 0.1) is 0 Å². The largest absolute Gasteiger partial charge is 0.458 e. The fourth-order valence-electron chi connectivity index (χ4n) is 3.64. The first-order chi connectivity index (χ1) is 15.0. The molecule has 2 aliphatic rings. The highest BCUT2D eigenvalue weighted by atomic mass is 16.6. The highest BCUT2D eigenvalue weighted by molar-refractivity contribution is 6.40. The lowest BCUT2D eigenvalue weighted by Crippen LogP contribution is -2.52. The van der Waals surface area contributed by atoms with Crippen LogP contribution in [0.2, 0.25) is 0 Å². The molecule has 1 aromatic rings. The van der Waals surface area contributed by atoms with Gasteiger partial charge in [-0.05, 0) is 32.9 Å². The molecule has 0 unspecified atom stereocenters. The number of carbonyl (C=O) groups excluding carboxylic acids is 3. The second kappa shape index (κ2) is 9.68. The average molecular weight is 444 g/mol. The second-order valence-corrected chi connectivity index (χ2v) is 9.34. The Morgan fingerprint density at radius 3 is 2.25 bits per heavy atom. The van der Waals surface area contributed by atoms with Crippen molar-refractivity contribution in [1.29, 1.82) is 0 Å². The first-order valence-electron chi connectivity index (χ1n) is 10.9. The van der Waals surface area contributed by atoms with Crippen LogP contribution < -0.4 is 5.01 Å². The van der Waals surface area contributed by atoms with E-state index in [1.807, 2.05) is 56.0 Å². The highest BCUT2D eigenvalue weighted by Crippen LogP contribution is 2.27. The normalized spacial score (nSPS) is 19.5. The Balaban J connectivity index is 1.70. The number of rotatable bonds is 5. The predicted octanol–water partition coefficient (Wildman–Crippen LogP) is 1.20. The molecule has 3 rings (SSSR count). The van der Waals surface area contributed by atoms with E-state index in [1.54, 1.807) is 28.9 Å². The molecular weight excluding hydrogens is 410 g/mol. The molecule has 0 radical (unpaired) electrons. The lowest BCUT2D eigenvalue weighted by molar-refractivity contribution is -0.156. The Kier molecular flexibility index (Phi) is 7.18. The first-order valence-corrected chi connectivity index (χ1v) is 10.9. The van der Waals surface area contributed by atoms with Crippen molar-refractivity contribution in [3.8, 4) is 0 Å². The molecule has 2 aliphatic heterocycles. The maximum Gasteiger partial charge on any atom is 0.331 e. The number of hydrogen-bond donors (Lipinski definition) is 0. The quantitative estimate of drug-likeness (QED) is 0.636. The molecule has 0 aliphatic carbocycles. The first kappa shape index (κ1) is 23.7. The number of hydrogen-bond acceptors (Lipinski definition) is 7. The summed E-state index contributed by atoms with van der Waals surface area (Å²) in [7, 11) is 3.47. The van der Waals surface area contributed by atoms with Crippen LogP contribution in [0.5, 0.6) is 0 Å². The maximum absolute atomic E-state index is 13.2. The van der Waals surface area contributed by atoms with Gasteiger partial charge in [0.15, 0.2) is 6.04 Å². The van der Waals surface area contributed by atoms with Crippen molar-refractivity contribution in [3.05, 3.63) is 30.3 Å². The molecule has 0 bridgehead atoms. The van der Waals surface area contributed by atoms with Gasteiger partial charge in [0.1, 0.15) is 11.3 Å². The average Bonchev–Trinajstić information content (AvgIpc) is 3.19. The summed E-state index contributed by atoms with van der Waals surface area (Å²) in [5.41, 5.74) is 0.452. The summed E-state index contributed by atoms with van der Waals surface area (Å²) in [6.45, 7) is 8.08. The number of esters is 1. The van der Waals surface area contributed by atoms with Crippen molar-refractivity contribution in [2.45, 2.75) is 38.8 Å². The van der Waals surface area contributed by atoms with Crippen LogP contribution in [0.25, 0.3) is 0 Å². The summed E-state index contributed by atoms with van der Waals surface area (Å²) in [4.78, 5) is 43.4. The van der Waals surface area contributed by atoms with Gasteiger partial charge in [0.2, 0.25) is 5.91 Å². The van der Waals surface area contributed by atoms with Crippen LogP contribution in [0.1, 0.15) is 27.2 Å². The standard InChI is InChI=1S/C23H33N5O4/c1-23(2,3)32-22(31)19-15-18(24-28(19)17-9-7-6-8-10-17)21(30)27-13-11-26(12-14-27)16-20(29)25(4)5/h6-10,19H,11-16H2,1-5H3/t19-/m1/s1. The Morgan fingerprint density at radius 2 is 1.69 bits per heavy atom. The molecule has 32 heavy (non-hydrogen) atoms. The third-order valence-corrected chi connectivity index (χ3v) is 5.37. The van der Waals surface area contributed by atoms with E-state index < -0.39 is 17.6 Å². The van der Waals surface area contributed by atoms with E-state index in [2.05, 4.69) is 5.10 Å². The molecule has 9 nitrogen and oxygen atoms in total. The molecular formula is C23H33N5O4. The molecule has 0 spiro atoms. The minimum absolute atomic E-state index is 0.0450. The topological polar surface area (TPSA) is 85.8 Å². The fourth-order valence-corrected chi connectivity index (χ4v) is 3.64. The van der Waals surface area contributed by atoms with Gasteiger partial charge in [0.05, 0.1) is 12.2 Å². The number of amides is 2. The van der Waals surface area contributed by atoms with Gasteiger partial charge in [-0.3, -0.25) is 19.5 Å². The van der Waals surface area contributed by atoms with Crippen LogP contribution in [0.15, 0.2) is 35.4 Å². The number of ether oxygens (including phenoxy) is 1. The van der Waals surface area contributed by atoms with E-state index in [0.717, 1.165) is 5.69 Å².